The summed E-state index contributed by atoms with van der Waals surface area (Å²) in [6.45, 7) is 3.67. The van der Waals surface area contributed by atoms with Crippen molar-refractivity contribution in [2.75, 3.05) is 12.4 Å². The molecule has 0 spiro atoms. The Hall–Kier alpha value is -2.25. The predicted molar refractivity (Wildman–Crippen MR) is 79.5 cm³/mol. The molecular weight excluding hydrogens is 295 g/mol. The van der Waals surface area contributed by atoms with Gasteiger partial charge in [-0.3, -0.25) is 5.10 Å². The van der Waals surface area contributed by atoms with Crippen LogP contribution >= 0.6 is 0 Å². The molecule has 5 nitrogen and oxygen atoms in total. The molecule has 1 aliphatic rings. The summed E-state index contributed by atoms with van der Waals surface area (Å²) in [7, 11) is 1.49. The van der Waals surface area contributed by atoms with Crippen LogP contribution in [0, 0.1) is 6.92 Å². The van der Waals surface area contributed by atoms with Crippen molar-refractivity contribution < 1.29 is 13.2 Å². The molecule has 3 N–H and O–H groups in total. The number of rotatable bonds is 3. The zero-order valence-electron chi connectivity index (χ0n) is 12.6. The lowest BCUT2D eigenvalue weighted by Crippen LogP contribution is -2.22. The molecule has 8 heteroatoms. The third kappa shape index (κ3) is 3.49. The van der Waals surface area contributed by atoms with E-state index in [1.807, 2.05) is 13.8 Å². The molecule has 1 aromatic heterocycles. The monoisotopic (exact) mass is 313 g/mol. The molecule has 1 aliphatic heterocycles. The van der Waals surface area contributed by atoms with Gasteiger partial charge in [-0.15, -0.1) is 0 Å². The maximum absolute atomic E-state index is 13.1. The molecule has 2 heterocycles. The van der Waals surface area contributed by atoms with E-state index in [9.17, 15) is 13.2 Å². The van der Waals surface area contributed by atoms with Crippen LogP contribution in [0.25, 0.3) is 0 Å². The Labute approximate surface area is 126 Å². The highest BCUT2D eigenvalue weighted by Gasteiger charge is 2.35. The molecule has 2 rings (SSSR count). The molecule has 22 heavy (non-hydrogen) atoms. The number of aromatic amines is 1. The van der Waals surface area contributed by atoms with Crippen molar-refractivity contribution >= 4 is 11.9 Å². The smallest absolute Gasteiger partial charge is 0.391 e. The first-order valence-electron chi connectivity index (χ1n) is 6.82. The van der Waals surface area contributed by atoms with Gasteiger partial charge >= 0.3 is 6.18 Å². The number of H-pyrrole nitrogens is 1. The number of aromatic nitrogens is 2. The maximum Gasteiger partial charge on any atom is 0.419 e. The second kappa shape index (κ2) is 6.25. The topological polar surface area (TPSA) is 65.1 Å². The summed E-state index contributed by atoms with van der Waals surface area (Å²) in [6.07, 6.45) is -1.25. The predicted octanol–water partition coefficient (Wildman–Crippen LogP) is 3.26. The summed E-state index contributed by atoms with van der Waals surface area (Å²) < 4.78 is 39.3. The van der Waals surface area contributed by atoms with Crippen LogP contribution in [0.3, 0.4) is 0 Å². The normalized spacial score (nSPS) is 16.6. The van der Waals surface area contributed by atoms with Gasteiger partial charge in [0, 0.05) is 19.0 Å². The molecule has 0 saturated heterocycles. The number of nitrogens with one attached hydrogen (secondary N) is 3. The number of anilines is 1. The summed E-state index contributed by atoms with van der Waals surface area (Å²) in [4.78, 5) is 4.01. The number of aliphatic imine (C=N–C) groups is 1. The highest BCUT2D eigenvalue weighted by molar-refractivity contribution is 5.82. The van der Waals surface area contributed by atoms with Crippen LogP contribution in [-0.4, -0.2) is 29.6 Å². The molecule has 0 radical (unpaired) electrons. The molecule has 120 valence electrons. The van der Waals surface area contributed by atoms with Gasteiger partial charge in [0.25, 0.3) is 0 Å². The third-order valence-corrected chi connectivity index (χ3v) is 3.49. The minimum absolute atomic E-state index is 0.147. The van der Waals surface area contributed by atoms with Crippen LogP contribution in [0.15, 0.2) is 33.9 Å². The van der Waals surface area contributed by atoms with Crippen LogP contribution in [0.2, 0.25) is 0 Å². The fourth-order valence-electron chi connectivity index (χ4n) is 2.13. The van der Waals surface area contributed by atoms with Crippen molar-refractivity contribution in [3.8, 4) is 0 Å². The van der Waals surface area contributed by atoms with Gasteiger partial charge in [-0.1, -0.05) is 0 Å². The van der Waals surface area contributed by atoms with Crippen molar-refractivity contribution in [1.29, 1.82) is 0 Å². The molecule has 0 amide bonds. The average molecular weight is 313 g/mol. The zero-order chi connectivity index (χ0) is 16.3. The number of alkyl halides is 3. The van der Waals surface area contributed by atoms with E-state index in [1.54, 1.807) is 6.20 Å². The van der Waals surface area contributed by atoms with Gasteiger partial charge in [-0.2, -0.15) is 18.3 Å². The fraction of sp³-hybridized carbons (Fsp3) is 0.429. The van der Waals surface area contributed by atoms with Crippen molar-refractivity contribution in [3.63, 3.8) is 0 Å². The van der Waals surface area contributed by atoms with Gasteiger partial charge < -0.3 is 10.6 Å². The number of nitrogens with zero attached hydrogens (tertiary/aromatic N) is 2. The lowest BCUT2D eigenvalue weighted by molar-refractivity contribution is -0.0867. The van der Waals surface area contributed by atoms with E-state index in [0.717, 1.165) is 17.5 Å². The Bertz CT molecular complexity index is 637. The van der Waals surface area contributed by atoms with Crippen LogP contribution in [0.5, 0.6) is 0 Å². The largest absolute Gasteiger partial charge is 0.419 e. The Morgan fingerprint density at radius 2 is 1.95 bits per heavy atom. The van der Waals surface area contributed by atoms with Crippen LogP contribution in [-0.2, 0) is 0 Å². The summed E-state index contributed by atoms with van der Waals surface area (Å²) >= 11 is 0. The summed E-state index contributed by atoms with van der Waals surface area (Å²) in [6, 6.07) is 0. The Balaban J connectivity index is 2.35. The van der Waals surface area contributed by atoms with Crippen LogP contribution in [0.4, 0.5) is 18.9 Å². The van der Waals surface area contributed by atoms with E-state index in [0.29, 0.717) is 17.9 Å². The van der Waals surface area contributed by atoms with E-state index in [-0.39, 0.29) is 12.1 Å². The molecule has 0 saturated carbocycles. The van der Waals surface area contributed by atoms with Crippen molar-refractivity contribution in [1.82, 2.24) is 15.5 Å². The highest BCUT2D eigenvalue weighted by atomic mass is 19.4. The van der Waals surface area contributed by atoms with E-state index in [1.165, 1.54) is 7.05 Å². The molecule has 1 aromatic rings. The molecule has 0 aromatic carbocycles. The average Bonchev–Trinajstić information content (AvgIpc) is 2.82. The van der Waals surface area contributed by atoms with E-state index in [2.05, 4.69) is 25.8 Å². The summed E-state index contributed by atoms with van der Waals surface area (Å²) in [5.74, 6) is 0.418. The molecule has 0 aliphatic carbocycles. The van der Waals surface area contributed by atoms with Gasteiger partial charge in [0.05, 0.1) is 23.2 Å². The minimum Gasteiger partial charge on any atom is -0.391 e. The van der Waals surface area contributed by atoms with Gasteiger partial charge in [-0.25, -0.2) is 4.99 Å². The van der Waals surface area contributed by atoms with Crippen molar-refractivity contribution in [2.24, 2.45) is 4.99 Å². The first kappa shape index (κ1) is 16.1. The second-order valence-electron chi connectivity index (χ2n) is 5.06. The van der Waals surface area contributed by atoms with Crippen molar-refractivity contribution in [2.45, 2.75) is 32.9 Å². The lowest BCUT2D eigenvalue weighted by atomic mass is 10.0. The van der Waals surface area contributed by atoms with Gasteiger partial charge in [0.15, 0.2) is 0 Å². The molecule has 0 fully saturated rings. The second-order valence-corrected chi connectivity index (χ2v) is 5.06. The summed E-state index contributed by atoms with van der Waals surface area (Å²) in [5.41, 5.74) is 1.77. The Morgan fingerprint density at radius 1 is 1.23 bits per heavy atom. The molecule has 0 unspecified atom stereocenters. The quantitative estimate of drug-likeness (QED) is 0.802. The number of aryl methyl sites for hydroxylation is 1. The zero-order valence-corrected chi connectivity index (χ0v) is 12.6. The standard InChI is InChI=1S/C14H18F3N5/c1-8-4-5-11(18-3)10(14(15,16)17)6-19-13(8)21-12-7-20-22-9(12)2/h6-7,18,21H,4-5H2,1-3H3,(H,20,22). The highest BCUT2D eigenvalue weighted by Crippen LogP contribution is 2.30. The number of halogens is 3. The lowest BCUT2D eigenvalue weighted by Gasteiger charge is -2.19. The number of allylic oxidation sites excluding steroid dienone is 3. The fourth-order valence-corrected chi connectivity index (χ4v) is 2.13. The Morgan fingerprint density at radius 3 is 2.50 bits per heavy atom. The number of hydrogen-bond acceptors (Lipinski definition) is 4. The van der Waals surface area contributed by atoms with E-state index >= 15 is 0 Å². The van der Waals surface area contributed by atoms with Gasteiger partial charge in [0.1, 0.15) is 5.82 Å². The summed E-state index contributed by atoms with van der Waals surface area (Å²) in [5, 5.41) is 12.3. The number of hydrogen-bond donors (Lipinski definition) is 3. The van der Waals surface area contributed by atoms with Crippen LogP contribution in [0.1, 0.15) is 25.5 Å². The first-order valence-corrected chi connectivity index (χ1v) is 6.82. The third-order valence-electron chi connectivity index (χ3n) is 3.49. The van der Waals surface area contributed by atoms with Crippen molar-refractivity contribution in [3.05, 3.63) is 34.6 Å². The molecular formula is C14H18F3N5. The maximum atomic E-state index is 13.1. The SMILES string of the molecule is CNC1=C(C(F)(F)F)C=NC(Nc2cn[nH]c2C)=C(C)CC1. The Kier molecular flexibility index (Phi) is 4.58. The van der Waals surface area contributed by atoms with Gasteiger partial charge in [0.2, 0.25) is 0 Å². The van der Waals surface area contributed by atoms with Crippen LogP contribution < -0.4 is 10.6 Å². The molecule has 0 atom stereocenters. The first-order chi connectivity index (χ1) is 10.3. The van der Waals surface area contributed by atoms with E-state index in [4.69, 9.17) is 0 Å². The van der Waals surface area contributed by atoms with E-state index < -0.39 is 11.7 Å². The minimum atomic E-state index is -4.44. The molecule has 0 bridgehead atoms. The van der Waals surface area contributed by atoms with Gasteiger partial charge in [-0.05, 0) is 32.3 Å².